The zero-order chi connectivity index (χ0) is 21.5. The lowest BCUT2D eigenvalue weighted by atomic mass is 9.79. The van der Waals surface area contributed by atoms with Gasteiger partial charge in [0.25, 0.3) is 5.91 Å². The normalized spacial score (nSPS) is 22.9. The number of nitrogens with one attached hydrogen (secondary N) is 2. The van der Waals surface area contributed by atoms with Gasteiger partial charge in [0, 0.05) is 36.4 Å². The number of piperidine rings is 1. The molecule has 4 rings (SSSR count). The number of hydrogen-bond acceptors (Lipinski definition) is 5. The van der Waals surface area contributed by atoms with E-state index >= 15 is 0 Å². The molecule has 30 heavy (non-hydrogen) atoms. The van der Waals surface area contributed by atoms with Crippen LogP contribution in [0, 0.1) is 0 Å². The van der Waals surface area contributed by atoms with Crippen molar-refractivity contribution in [2.24, 2.45) is 0 Å². The Hall–Kier alpha value is -2.67. The summed E-state index contributed by atoms with van der Waals surface area (Å²) in [4.78, 5) is 32.4. The lowest BCUT2D eigenvalue weighted by molar-refractivity contribution is -0.124. The van der Waals surface area contributed by atoms with Gasteiger partial charge in [-0.05, 0) is 64.3 Å². The Balaban J connectivity index is 1.55. The number of furan rings is 1. The van der Waals surface area contributed by atoms with Crippen molar-refractivity contribution < 1.29 is 14.0 Å². The van der Waals surface area contributed by atoms with Crippen molar-refractivity contribution in [1.82, 2.24) is 20.5 Å². The van der Waals surface area contributed by atoms with Crippen molar-refractivity contribution in [3.63, 3.8) is 0 Å². The maximum absolute atomic E-state index is 13.4. The summed E-state index contributed by atoms with van der Waals surface area (Å²) in [6.07, 6.45) is 4.88. The third-order valence-electron chi connectivity index (χ3n) is 5.89. The van der Waals surface area contributed by atoms with Gasteiger partial charge in [0.1, 0.15) is 0 Å². The van der Waals surface area contributed by atoms with E-state index in [1.165, 1.54) is 6.26 Å². The molecule has 0 bridgehead atoms. The third kappa shape index (κ3) is 4.26. The lowest BCUT2D eigenvalue weighted by Crippen LogP contribution is -2.62. The fourth-order valence-electron chi connectivity index (χ4n) is 5.12. The van der Waals surface area contributed by atoms with Crippen LogP contribution in [-0.2, 0) is 11.3 Å². The molecule has 7 heteroatoms. The largest absolute Gasteiger partial charge is 0.459 e. The molecule has 0 spiro atoms. The number of carbonyl (C=O) groups is 2. The molecular weight excluding hydrogens is 380 g/mol. The maximum atomic E-state index is 13.4. The monoisotopic (exact) mass is 410 g/mol. The Morgan fingerprint density at radius 2 is 1.90 bits per heavy atom. The molecule has 1 unspecified atom stereocenters. The average molecular weight is 411 g/mol. The number of aromatic nitrogens is 1. The second kappa shape index (κ2) is 7.54. The number of carbonyl (C=O) groups excluding carboxylic acids is 2. The highest BCUT2D eigenvalue weighted by molar-refractivity contribution is 5.93. The zero-order valence-electron chi connectivity index (χ0n) is 18.1. The van der Waals surface area contributed by atoms with Gasteiger partial charge in [0.05, 0.1) is 17.9 Å². The van der Waals surface area contributed by atoms with E-state index in [0.717, 1.165) is 24.1 Å². The first-order chi connectivity index (χ1) is 14.1. The molecular formula is C23H30N4O3. The van der Waals surface area contributed by atoms with Crippen LogP contribution in [0.15, 0.2) is 41.1 Å². The molecule has 1 saturated heterocycles. The van der Waals surface area contributed by atoms with Crippen LogP contribution in [0.1, 0.15) is 68.3 Å². The second-order valence-electron chi connectivity index (χ2n) is 9.77. The Kier molecular flexibility index (Phi) is 5.18. The summed E-state index contributed by atoms with van der Waals surface area (Å²) in [5, 5.41) is 6.90. The molecule has 2 aliphatic heterocycles. The number of rotatable bonds is 3. The molecule has 2 aromatic rings. The molecule has 1 fully saturated rings. The summed E-state index contributed by atoms with van der Waals surface area (Å²) in [6.45, 7) is 9.35. The second-order valence-corrected chi connectivity index (χ2v) is 9.77. The van der Waals surface area contributed by atoms with Gasteiger partial charge in [-0.3, -0.25) is 14.6 Å². The first-order valence-electron chi connectivity index (χ1n) is 10.5. The van der Waals surface area contributed by atoms with Gasteiger partial charge < -0.3 is 20.0 Å². The fourth-order valence-corrected chi connectivity index (χ4v) is 5.12. The van der Waals surface area contributed by atoms with Crippen LogP contribution in [0.25, 0.3) is 0 Å². The Morgan fingerprint density at radius 3 is 2.57 bits per heavy atom. The molecule has 2 aliphatic rings. The van der Waals surface area contributed by atoms with Crippen LogP contribution in [0.2, 0.25) is 0 Å². The van der Waals surface area contributed by atoms with Crippen LogP contribution in [0.3, 0.4) is 0 Å². The number of amides is 2. The first-order valence-corrected chi connectivity index (χ1v) is 10.5. The van der Waals surface area contributed by atoms with Gasteiger partial charge in [-0.25, -0.2) is 0 Å². The number of hydrogen-bond donors (Lipinski definition) is 2. The minimum atomic E-state index is -0.505. The molecule has 0 aliphatic carbocycles. The Bertz CT molecular complexity index is 920. The van der Waals surface area contributed by atoms with E-state index in [0.29, 0.717) is 6.54 Å². The Morgan fingerprint density at radius 1 is 1.17 bits per heavy atom. The topological polar surface area (TPSA) is 87.5 Å². The predicted molar refractivity (Wildman–Crippen MR) is 113 cm³/mol. The van der Waals surface area contributed by atoms with E-state index in [9.17, 15) is 9.59 Å². The smallest absolute Gasteiger partial charge is 0.289 e. The number of nitrogens with zero attached hydrogens (tertiary/aromatic N) is 2. The van der Waals surface area contributed by atoms with Gasteiger partial charge in [0.15, 0.2) is 5.76 Å². The molecule has 0 aromatic carbocycles. The van der Waals surface area contributed by atoms with Gasteiger partial charge in [0.2, 0.25) is 5.91 Å². The van der Waals surface area contributed by atoms with Crippen molar-refractivity contribution in [3.8, 4) is 0 Å². The summed E-state index contributed by atoms with van der Waals surface area (Å²) in [6, 6.07) is 7.17. The molecule has 0 saturated carbocycles. The van der Waals surface area contributed by atoms with Gasteiger partial charge in [-0.1, -0.05) is 6.07 Å². The van der Waals surface area contributed by atoms with Gasteiger partial charge in [-0.15, -0.1) is 0 Å². The molecule has 0 radical (unpaired) electrons. The van der Waals surface area contributed by atoms with Crippen LogP contribution in [0.4, 0.5) is 0 Å². The van der Waals surface area contributed by atoms with Crippen molar-refractivity contribution in [2.45, 2.75) is 70.1 Å². The molecule has 160 valence electrons. The highest BCUT2D eigenvalue weighted by atomic mass is 16.3. The van der Waals surface area contributed by atoms with E-state index in [2.05, 4.69) is 43.3 Å². The third-order valence-corrected chi connectivity index (χ3v) is 5.89. The maximum Gasteiger partial charge on any atom is 0.289 e. The summed E-state index contributed by atoms with van der Waals surface area (Å²) >= 11 is 0. The predicted octanol–water partition coefficient (Wildman–Crippen LogP) is 2.84. The Labute approximate surface area is 177 Å². The van der Waals surface area contributed by atoms with Gasteiger partial charge >= 0.3 is 0 Å². The fraction of sp³-hybridized carbons (Fsp3) is 0.522. The van der Waals surface area contributed by atoms with E-state index < -0.39 is 5.92 Å². The quantitative estimate of drug-likeness (QED) is 0.812. The summed E-state index contributed by atoms with van der Waals surface area (Å²) < 4.78 is 5.29. The van der Waals surface area contributed by atoms with Crippen molar-refractivity contribution >= 4 is 11.8 Å². The van der Waals surface area contributed by atoms with Crippen LogP contribution >= 0.6 is 0 Å². The minimum Gasteiger partial charge on any atom is -0.459 e. The highest BCUT2D eigenvalue weighted by Crippen LogP contribution is 2.31. The lowest BCUT2D eigenvalue weighted by Gasteiger charge is -2.47. The minimum absolute atomic E-state index is 0.0621. The van der Waals surface area contributed by atoms with Crippen molar-refractivity contribution in [3.05, 3.63) is 53.7 Å². The molecule has 7 nitrogen and oxygen atoms in total. The van der Waals surface area contributed by atoms with Crippen LogP contribution in [0.5, 0.6) is 0 Å². The first kappa shape index (κ1) is 20.6. The zero-order valence-corrected chi connectivity index (χ0v) is 18.1. The van der Waals surface area contributed by atoms with E-state index in [-0.39, 0.29) is 41.2 Å². The average Bonchev–Trinajstić information content (AvgIpc) is 3.18. The SMILES string of the molecule is CC1(C)CC(NC(=O)C2CN(C(=O)c3ccco3)Cc3cccnc32)CC(C)(C)N1. The molecule has 2 aromatic heterocycles. The van der Waals surface area contributed by atoms with E-state index in [1.807, 2.05) is 12.1 Å². The molecule has 4 heterocycles. The number of fused-ring (bicyclic) bond motifs is 1. The van der Waals surface area contributed by atoms with Gasteiger partial charge in [-0.2, -0.15) is 0 Å². The van der Waals surface area contributed by atoms with E-state index in [1.54, 1.807) is 23.2 Å². The molecule has 2 amide bonds. The van der Waals surface area contributed by atoms with Crippen LogP contribution < -0.4 is 10.6 Å². The summed E-state index contributed by atoms with van der Waals surface area (Å²) in [7, 11) is 0. The number of pyridine rings is 1. The van der Waals surface area contributed by atoms with Crippen molar-refractivity contribution in [2.75, 3.05) is 6.54 Å². The highest BCUT2D eigenvalue weighted by Gasteiger charge is 2.40. The van der Waals surface area contributed by atoms with Crippen LogP contribution in [-0.4, -0.2) is 45.4 Å². The van der Waals surface area contributed by atoms with Crippen molar-refractivity contribution in [1.29, 1.82) is 0 Å². The molecule has 2 N–H and O–H groups in total. The van der Waals surface area contributed by atoms with E-state index in [4.69, 9.17) is 4.42 Å². The molecule has 1 atom stereocenters. The summed E-state index contributed by atoms with van der Waals surface area (Å²) in [5.41, 5.74) is 1.52. The standard InChI is InChI=1S/C23H30N4O3/c1-22(2)11-16(12-23(3,4)26-22)25-20(28)17-14-27(21(29)18-8-6-10-30-18)13-15-7-5-9-24-19(15)17/h5-10,16-17,26H,11-14H2,1-4H3,(H,25,28). The summed E-state index contributed by atoms with van der Waals surface area (Å²) in [5.74, 6) is -0.514.